The van der Waals surface area contributed by atoms with Crippen LogP contribution in [-0.2, 0) is 19.6 Å². The van der Waals surface area contributed by atoms with E-state index in [1.165, 1.54) is 18.2 Å². The number of benzene rings is 1. The number of nitrogens with zero attached hydrogens (tertiary/aromatic N) is 3. The fraction of sp³-hybridized carbons (Fsp3) is 0.393. The lowest BCUT2D eigenvalue weighted by Crippen LogP contribution is -2.53. The maximum absolute atomic E-state index is 13.3. The molecule has 3 aromatic rings. The zero-order valence-corrected chi connectivity index (χ0v) is 23.9. The summed E-state index contributed by atoms with van der Waals surface area (Å²) in [6, 6.07) is 11.2. The van der Waals surface area contributed by atoms with Gasteiger partial charge in [-0.1, -0.05) is 32.0 Å². The fourth-order valence-electron chi connectivity index (χ4n) is 4.61. The standard InChI is InChI=1S/C28H33N5O7S/c1-18(2)16-22(30-27(36)25-19(3)40-28(31-25)20-10-5-4-6-11-20)26(35)29-21-12-9-14-32(17-23(21)34)41(38,39)24-13-7-8-15-33(24)37/h4-8,10-11,13,15,18,21-22H,9,12,14,16-17H2,1-3H3,(H,29,35)(H,30,36)/t21-,22?/m0/s1. The van der Waals surface area contributed by atoms with E-state index in [0.717, 1.165) is 10.5 Å². The second-order valence-electron chi connectivity index (χ2n) is 10.3. The van der Waals surface area contributed by atoms with Crippen molar-refractivity contribution in [3.63, 3.8) is 0 Å². The van der Waals surface area contributed by atoms with Crippen molar-refractivity contribution in [3.8, 4) is 11.5 Å². The largest absolute Gasteiger partial charge is 0.618 e. The Labute approximate surface area is 238 Å². The number of aromatic nitrogens is 2. The van der Waals surface area contributed by atoms with Crippen LogP contribution in [0.5, 0.6) is 0 Å². The van der Waals surface area contributed by atoms with Crippen LogP contribution in [-0.4, -0.2) is 60.5 Å². The number of hydrogen-bond donors (Lipinski definition) is 2. The van der Waals surface area contributed by atoms with E-state index in [0.29, 0.717) is 17.7 Å². The van der Waals surface area contributed by atoms with Crippen LogP contribution in [0.2, 0.25) is 0 Å². The molecule has 13 heteroatoms. The smallest absolute Gasteiger partial charge is 0.323 e. The van der Waals surface area contributed by atoms with E-state index in [9.17, 15) is 28.0 Å². The number of Topliss-reactive ketones (excluding diaryl/α,β-unsaturated/α-hetero) is 1. The highest BCUT2D eigenvalue weighted by Crippen LogP contribution is 2.22. The minimum atomic E-state index is -4.22. The molecule has 2 amide bonds. The van der Waals surface area contributed by atoms with Gasteiger partial charge in [0.2, 0.25) is 11.8 Å². The molecule has 0 spiro atoms. The topological polar surface area (TPSA) is 166 Å². The summed E-state index contributed by atoms with van der Waals surface area (Å²) in [5, 5.41) is 17.0. The molecule has 218 valence electrons. The summed E-state index contributed by atoms with van der Waals surface area (Å²) in [5.74, 6) is -1.07. The number of nitrogens with one attached hydrogen (secondary N) is 2. The summed E-state index contributed by atoms with van der Waals surface area (Å²) in [4.78, 5) is 43.9. The molecular formula is C28H33N5O7S. The van der Waals surface area contributed by atoms with E-state index < -0.39 is 51.3 Å². The van der Waals surface area contributed by atoms with E-state index in [2.05, 4.69) is 15.6 Å². The number of rotatable bonds is 9. The zero-order valence-electron chi connectivity index (χ0n) is 23.1. The number of aryl methyl sites for hydroxylation is 1. The van der Waals surface area contributed by atoms with Gasteiger partial charge in [0, 0.05) is 24.2 Å². The number of ketones is 1. The third kappa shape index (κ3) is 6.98. The van der Waals surface area contributed by atoms with Crippen LogP contribution in [0.1, 0.15) is 49.4 Å². The number of sulfonamides is 1. The Morgan fingerprint density at radius 2 is 1.88 bits per heavy atom. The molecule has 4 rings (SSSR count). The van der Waals surface area contributed by atoms with Crippen LogP contribution in [0.3, 0.4) is 0 Å². The van der Waals surface area contributed by atoms with Crippen LogP contribution in [0.4, 0.5) is 0 Å². The van der Waals surface area contributed by atoms with Crippen LogP contribution in [0, 0.1) is 18.0 Å². The number of carbonyl (C=O) groups is 3. The highest BCUT2D eigenvalue weighted by Gasteiger charge is 2.37. The molecule has 12 nitrogen and oxygen atoms in total. The lowest BCUT2D eigenvalue weighted by molar-refractivity contribution is -0.646. The minimum absolute atomic E-state index is 0.0106. The van der Waals surface area contributed by atoms with E-state index >= 15 is 0 Å². The Hall–Kier alpha value is -4.10. The summed E-state index contributed by atoms with van der Waals surface area (Å²) < 4.78 is 33.0. The first-order valence-corrected chi connectivity index (χ1v) is 14.8. The number of pyridine rings is 1. The Kier molecular flexibility index (Phi) is 9.18. The third-order valence-corrected chi connectivity index (χ3v) is 8.53. The van der Waals surface area contributed by atoms with Gasteiger partial charge in [-0.3, -0.25) is 14.4 Å². The Morgan fingerprint density at radius 1 is 1.17 bits per heavy atom. The van der Waals surface area contributed by atoms with Gasteiger partial charge in [-0.25, -0.2) is 13.4 Å². The average Bonchev–Trinajstić information content (AvgIpc) is 3.23. The number of hydrogen-bond acceptors (Lipinski definition) is 8. The van der Waals surface area contributed by atoms with Gasteiger partial charge < -0.3 is 20.3 Å². The summed E-state index contributed by atoms with van der Waals surface area (Å²) in [6.07, 6.45) is 1.85. The van der Waals surface area contributed by atoms with Crippen molar-refractivity contribution in [2.24, 2.45) is 5.92 Å². The van der Waals surface area contributed by atoms with Gasteiger partial charge in [-0.15, -0.1) is 0 Å². The van der Waals surface area contributed by atoms with Crippen LogP contribution >= 0.6 is 0 Å². The summed E-state index contributed by atoms with van der Waals surface area (Å²) >= 11 is 0. The van der Waals surface area contributed by atoms with Gasteiger partial charge in [0.1, 0.15) is 11.8 Å². The molecular weight excluding hydrogens is 550 g/mol. The molecule has 41 heavy (non-hydrogen) atoms. The van der Waals surface area contributed by atoms with Gasteiger partial charge in [0.25, 0.3) is 5.91 Å². The van der Waals surface area contributed by atoms with Crippen molar-refractivity contribution in [2.75, 3.05) is 13.1 Å². The van der Waals surface area contributed by atoms with E-state index in [1.54, 1.807) is 19.1 Å². The highest BCUT2D eigenvalue weighted by molar-refractivity contribution is 7.89. The summed E-state index contributed by atoms with van der Waals surface area (Å²) in [7, 11) is -4.22. The molecule has 2 N–H and O–H groups in total. The average molecular weight is 584 g/mol. The van der Waals surface area contributed by atoms with Crippen molar-refractivity contribution in [3.05, 3.63) is 71.4 Å². The van der Waals surface area contributed by atoms with Crippen molar-refractivity contribution in [1.82, 2.24) is 19.9 Å². The maximum Gasteiger partial charge on any atom is 0.323 e. The third-order valence-electron chi connectivity index (χ3n) is 6.69. The molecule has 0 aliphatic carbocycles. The molecule has 0 radical (unpaired) electrons. The Morgan fingerprint density at radius 3 is 2.56 bits per heavy atom. The van der Waals surface area contributed by atoms with Gasteiger partial charge in [-0.05, 0) is 50.3 Å². The van der Waals surface area contributed by atoms with Crippen LogP contribution < -0.4 is 15.4 Å². The quantitative estimate of drug-likeness (QED) is 0.285. The first kappa shape index (κ1) is 29.9. The number of amides is 2. The Balaban J connectivity index is 1.45. The van der Waals surface area contributed by atoms with Gasteiger partial charge in [0.05, 0.1) is 12.6 Å². The second-order valence-corrected chi connectivity index (χ2v) is 12.2. The fourth-order valence-corrected chi connectivity index (χ4v) is 6.08. The minimum Gasteiger partial charge on any atom is -0.618 e. The first-order chi connectivity index (χ1) is 19.5. The van der Waals surface area contributed by atoms with Gasteiger partial charge >= 0.3 is 15.0 Å². The molecule has 1 aliphatic heterocycles. The van der Waals surface area contributed by atoms with Crippen LogP contribution in [0.15, 0.2) is 64.2 Å². The first-order valence-electron chi connectivity index (χ1n) is 13.3. The number of oxazole rings is 1. The predicted octanol–water partition coefficient (Wildman–Crippen LogP) is 1.97. The van der Waals surface area contributed by atoms with E-state index in [4.69, 9.17) is 4.42 Å². The SMILES string of the molecule is Cc1oc(-c2ccccc2)nc1C(=O)NC(CC(C)C)C(=O)N[C@H]1CCCN(S(=O)(=O)c2cccc[n+]2[O-])CC1=O. The molecule has 2 aromatic heterocycles. The van der Waals surface area contributed by atoms with Gasteiger partial charge in [0.15, 0.2) is 17.7 Å². The van der Waals surface area contributed by atoms with Crippen molar-refractivity contribution < 1.29 is 31.9 Å². The molecule has 1 aliphatic rings. The molecule has 1 saturated heterocycles. The molecule has 1 fully saturated rings. The molecule has 1 unspecified atom stereocenters. The highest BCUT2D eigenvalue weighted by atomic mass is 32.2. The monoisotopic (exact) mass is 583 g/mol. The molecule has 1 aromatic carbocycles. The predicted molar refractivity (Wildman–Crippen MR) is 148 cm³/mol. The van der Waals surface area contributed by atoms with E-state index in [1.807, 2.05) is 32.0 Å². The normalized spacial score (nSPS) is 17.2. The maximum atomic E-state index is 13.3. The zero-order chi connectivity index (χ0) is 29.7. The summed E-state index contributed by atoms with van der Waals surface area (Å²) in [6.45, 7) is 4.92. The van der Waals surface area contributed by atoms with Crippen molar-refractivity contribution >= 4 is 27.6 Å². The van der Waals surface area contributed by atoms with Gasteiger partial charge in [-0.2, -0.15) is 9.04 Å². The van der Waals surface area contributed by atoms with E-state index in [-0.39, 0.29) is 41.6 Å². The second kappa shape index (κ2) is 12.6. The van der Waals surface area contributed by atoms with Crippen molar-refractivity contribution in [1.29, 1.82) is 0 Å². The Bertz CT molecular complexity index is 1520. The molecule has 0 bridgehead atoms. The number of carbonyl (C=O) groups excluding carboxylic acids is 3. The summed E-state index contributed by atoms with van der Waals surface area (Å²) in [5.41, 5.74) is 0.750. The lowest BCUT2D eigenvalue weighted by atomic mass is 10.0. The lowest BCUT2D eigenvalue weighted by Gasteiger charge is -2.23. The molecule has 3 heterocycles. The molecule has 0 saturated carbocycles. The molecule has 2 atom stereocenters. The van der Waals surface area contributed by atoms with Crippen molar-refractivity contribution in [2.45, 2.75) is 57.1 Å². The van der Waals surface area contributed by atoms with Crippen LogP contribution in [0.25, 0.3) is 11.5 Å².